The van der Waals surface area contributed by atoms with Gasteiger partial charge in [-0.15, -0.1) is 4.91 Å². The zero-order chi connectivity index (χ0) is 13.8. The second-order valence-corrected chi connectivity index (χ2v) is 4.66. The van der Waals surface area contributed by atoms with Crippen molar-refractivity contribution in [2.75, 3.05) is 10.7 Å². The third-order valence-corrected chi connectivity index (χ3v) is 2.93. The highest BCUT2D eigenvalue weighted by molar-refractivity contribution is 5.81. The quantitative estimate of drug-likeness (QED) is 0.513. The Balaban J connectivity index is 2.59. The molecule has 0 aliphatic carbocycles. The minimum atomic E-state index is -0.0106. The number of nitrogen functional groups attached to an aromatic ring is 1. The topological polar surface area (TPSA) is 58.7 Å². The first-order valence-electron chi connectivity index (χ1n) is 6.21. The number of hydrogen-bond donors (Lipinski definition) is 1. The largest absolute Gasteiger partial charge is 0.399 e. The van der Waals surface area contributed by atoms with Crippen LogP contribution in [-0.2, 0) is 0 Å². The van der Waals surface area contributed by atoms with E-state index in [4.69, 9.17) is 5.73 Å². The molecule has 0 unspecified atom stereocenters. The molecule has 98 valence electrons. The van der Waals surface area contributed by atoms with Crippen LogP contribution in [0.2, 0.25) is 0 Å². The predicted molar refractivity (Wildman–Crippen MR) is 79.7 cm³/mol. The van der Waals surface area contributed by atoms with Crippen LogP contribution in [-0.4, -0.2) is 6.04 Å². The lowest BCUT2D eigenvalue weighted by molar-refractivity contribution is 0.710. The van der Waals surface area contributed by atoms with Gasteiger partial charge in [-0.3, -0.25) is 0 Å². The molecule has 2 aromatic rings. The van der Waals surface area contributed by atoms with E-state index < -0.39 is 0 Å². The Labute approximate surface area is 112 Å². The lowest BCUT2D eigenvalue weighted by Gasteiger charge is -2.22. The summed E-state index contributed by atoms with van der Waals surface area (Å²) in [6, 6.07) is 15.3. The van der Waals surface area contributed by atoms with Crippen LogP contribution in [0.4, 0.5) is 11.4 Å². The summed E-state index contributed by atoms with van der Waals surface area (Å²) < 4.78 is 0. The van der Waals surface area contributed by atoms with Crippen LogP contribution in [0.15, 0.2) is 53.8 Å². The fraction of sp³-hybridized carbons (Fsp3) is 0.200. The predicted octanol–water partition coefficient (Wildman–Crippen LogP) is 3.83. The fourth-order valence-electron chi connectivity index (χ4n) is 2.02. The molecule has 0 fully saturated rings. The average molecular weight is 255 g/mol. The van der Waals surface area contributed by atoms with Crippen LogP contribution in [0.1, 0.15) is 13.8 Å². The first kappa shape index (κ1) is 13.1. The summed E-state index contributed by atoms with van der Waals surface area (Å²) in [5, 5.41) is 4.58. The smallest absolute Gasteiger partial charge is 0.0709 e. The van der Waals surface area contributed by atoms with Gasteiger partial charge in [-0.05, 0) is 37.6 Å². The number of anilines is 2. The Morgan fingerprint density at radius 1 is 1.11 bits per heavy atom. The molecule has 19 heavy (non-hydrogen) atoms. The Bertz CT molecular complexity index is 567. The van der Waals surface area contributed by atoms with Gasteiger partial charge in [-0.1, -0.05) is 30.3 Å². The van der Waals surface area contributed by atoms with Gasteiger partial charge in [0.1, 0.15) is 0 Å². The summed E-state index contributed by atoms with van der Waals surface area (Å²) >= 11 is 0. The average Bonchev–Trinajstić information content (AvgIpc) is 2.42. The van der Waals surface area contributed by atoms with Crippen molar-refractivity contribution in [3.8, 4) is 11.1 Å². The van der Waals surface area contributed by atoms with Crippen molar-refractivity contribution in [3.63, 3.8) is 0 Å². The Hall–Kier alpha value is -2.36. The molecule has 4 heteroatoms. The normalized spacial score (nSPS) is 10.5. The van der Waals surface area contributed by atoms with Crippen LogP contribution in [0, 0.1) is 4.91 Å². The van der Waals surface area contributed by atoms with E-state index in [1.165, 1.54) is 5.01 Å². The summed E-state index contributed by atoms with van der Waals surface area (Å²) in [4.78, 5) is 11.1. The van der Waals surface area contributed by atoms with E-state index in [9.17, 15) is 4.91 Å². The fourth-order valence-corrected chi connectivity index (χ4v) is 2.02. The molecule has 0 saturated heterocycles. The standard InChI is InChI=1S/C15H17N3O/c1-11(2)18(17-19)15-9-8-13(16)10-14(15)12-6-4-3-5-7-12/h3-11H,16H2,1-2H3. The molecule has 0 aliphatic heterocycles. The van der Waals surface area contributed by atoms with Gasteiger partial charge in [-0.2, -0.15) is 0 Å². The maximum atomic E-state index is 11.1. The van der Waals surface area contributed by atoms with Crippen molar-refractivity contribution in [2.45, 2.75) is 19.9 Å². The number of nitrogens with zero attached hydrogens (tertiary/aromatic N) is 2. The molecule has 0 saturated carbocycles. The number of benzene rings is 2. The zero-order valence-electron chi connectivity index (χ0n) is 11.1. The Morgan fingerprint density at radius 2 is 1.79 bits per heavy atom. The molecular weight excluding hydrogens is 238 g/mol. The number of hydrogen-bond acceptors (Lipinski definition) is 3. The van der Waals surface area contributed by atoms with Gasteiger partial charge in [0.25, 0.3) is 0 Å². The minimum Gasteiger partial charge on any atom is -0.399 e. The molecule has 0 amide bonds. The van der Waals surface area contributed by atoms with E-state index in [1.807, 2.05) is 56.3 Å². The van der Waals surface area contributed by atoms with Crippen molar-refractivity contribution in [1.29, 1.82) is 0 Å². The maximum Gasteiger partial charge on any atom is 0.0709 e. The SMILES string of the molecule is CC(C)N(N=O)c1ccc(N)cc1-c1ccccc1. The van der Waals surface area contributed by atoms with E-state index in [1.54, 1.807) is 6.07 Å². The minimum absolute atomic E-state index is 0.0106. The highest BCUT2D eigenvalue weighted by Gasteiger charge is 2.16. The van der Waals surface area contributed by atoms with Crippen molar-refractivity contribution in [3.05, 3.63) is 53.4 Å². The molecule has 0 aliphatic rings. The van der Waals surface area contributed by atoms with Crippen molar-refractivity contribution >= 4 is 11.4 Å². The third kappa shape index (κ3) is 2.73. The lowest BCUT2D eigenvalue weighted by atomic mass is 10.0. The van der Waals surface area contributed by atoms with Gasteiger partial charge in [-0.25, -0.2) is 5.01 Å². The van der Waals surface area contributed by atoms with E-state index in [2.05, 4.69) is 5.29 Å². The molecule has 0 heterocycles. The Morgan fingerprint density at radius 3 is 2.37 bits per heavy atom. The van der Waals surface area contributed by atoms with Gasteiger partial charge in [0.15, 0.2) is 0 Å². The molecule has 0 atom stereocenters. The van der Waals surface area contributed by atoms with Crippen molar-refractivity contribution in [2.24, 2.45) is 5.29 Å². The zero-order valence-corrected chi connectivity index (χ0v) is 11.1. The molecule has 2 N–H and O–H groups in total. The van der Waals surface area contributed by atoms with Gasteiger partial charge in [0.05, 0.1) is 17.0 Å². The van der Waals surface area contributed by atoms with Gasteiger partial charge in [0.2, 0.25) is 0 Å². The molecule has 4 nitrogen and oxygen atoms in total. The molecule has 0 aromatic heterocycles. The van der Waals surface area contributed by atoms with Crippen LogP contribution < -0.4 is 10.7 Å². The van der Waals surface area contributed by atoms with Crippen LogP contribution >= 0.6 is 0 Å². The number of rotatable bonds is 4. The molecule has 0 radical (unpaired) electrons. The van der Waals surface area contributed by atoms with Crippen LogP contribution in [0.5, 0.6) is 0 Å². The second-order valence-electron chi connectivity index (χ2n) is 4.66. The summed E-state index contributed by atoms with van der Waals surface area (Å²) in [6.07, 6.45) is 0. The van der Waals surface area contributed by atoms with E-state index in [0.717, 1.165) is 16.8 Å². The van der Waals surface area contributed by atoms with Gasteiger partial charge in [0, 0.05) is 11.3 Å². The summed E-state index contributed by atoms with van der Waals surface area (Å²) in [6.45, 7) is 3.85. The highest BCUT2D eigenvalue weighted by Crippen LogP contribution is 2.33. The number of nitroso groups, excluding NO2 is 1. The molecular formula is C15H17N3O. The third-order valence-electron chi connectivity index (χ3n) is 2.93. The second kappa shape index (κ2) is 5.52. The first-order valence-corrected chi connectivity index (χ1v) is 6.21. The molecule has 2 rings (SSSR count). The van der Waals surface area contributed by atoms with E-state index >= 15 is 0 Å². The van der Waals surface area contributed by atoms with E-state index in [0.29, 0.717) is 5.69 Å². The monoisotopic (exact) mass is 255 g/mol. The number of nitrogens with two attached hydrogens (primary N) is 1. The Kier molecular flexibility index (Phi) is 3.80. The highest BCUT2D eigenvalue weighted by atomic mass is 16.3. The summed E-state index contributed by atoms with van der Waals surface area (Å²) in [5.74, 6) is 0. The van der Waals surface area contributed by atoms with Crippen molar-refractivity contribution in [1.82, 2.24) is 0 Å². The van der Waals surface area contributed by atoms with Crippen LogP contribution in [0.3, 0.4) is 0 Å². The molecule has 0 bridgehead atoms. The first-order chi connectivity index (χ1) is 9.13. The summed E-state index contributed by atoms with van der Waals surface area (Å²) in [5.41, 5.74) is 9.21. The van der Waals surface area contributed by atoms with Crippen molar-refractivity contribution < 1.29 is 0 Å². The van der Waals surface area contributed by atoms with Gasteiger partial charge < -0.3 is 5.73 Å². The van der Waals surface area contributed by atoms with E-state index in [-0.39, 0.29) is 6.04 Å². The summed E-state index contributed by atoms with van der Waals surface area (Å²) in [7, 11) is 0. The maximum absolute atomic E-state index is 11.1. The molecule has 2 aromatic carbocycles. The van der Waals surface area contributed by atoms with Gasteiger partial charge >= 0.3 is 0 Å². The lowest BCUT2D eigenvalue weighted by Crippen LogP contribution is -2.24. The molecule has 0 spiro atoms. The van der Waals surface area contributed by atoms with Crippen LogP contribution in [0.25, 0.3) is 11.1 Å².